The maximum Gasteiger partial charge on any atom is 0.0351 e. The minimum Gasteiger partial charge on any atom is -0.314 e. The third-order valence-electron chi connectivity index (χ3n) is 3.65. The predicted octanol–water partition coefficient (Wildman–Crippen LogP) is 2.35. The minimum absolute atomic E-state index is 0.526. The van der Waals surface area contributed by atoms with E-state index < -0.39 is 0 Å². The second kappa shape index (κ2) is 4.98. The van der Waals surface area contributed by atoms with Crippen molar-refractivity contribution in [3.05, 3.63) is 35.4 Å². The van der Waals surface area contributed by atoms with Crippen molar-refractivity contribution in [1.29, 1.82) is 0 Å². The van der Waals surface area contributed by atoms with Gasteiger partial charge in [0.05, 0.1) is 0 Å². The van der Waals surface area contributed by atoms with Crippen LogP contribution < -0.4 is 5.32 Å². The third kappa shape index (κ3) is 2.28. The van der Waals surface area contributed by atoms with Crippen LogP contribution in [-0.2, 0) is 0 Å². The quantitative estimate of drug-likeness (QED) is 0.834. The molecule has 0 amide bonds. The lowest BCUT2D eigenvalue weighted by Gasteiger charge is -2.41. The van der Waals surface area contributed by atoms with Gasteiger partial charge in [-0.05, 0) is 26.0 Å². The Morgan fingerprint density at radius 2 is 1.94 bits per heavy atom. The van der Waals surface area contributed by atoms with Gasteiger partial charge in [-0.1, -0.05) is 36.8 Å². The zero-order chi connectivity index (χ0) is 11.5. The smallest absolute Gasteiger partial charge is 0.0351 e. The van der Waals surface area contributed by atoms with E-state index >= 15 is 0 Å². The summed E-state index contributed by atoms with van der Waals surface area (Å²) in [5.41, 5.74) is 2.77. The summed E-state index contributed by atoms with van der Waals surface area (Å²) < 4.78 is 0. The number of hydrogen-bond donors (Lipinski definition) is 1. The molecule has 0 spiro atoms. The molecule has 1 aliphatic heterocycles. The molecule has 16 heavy (non-hydrogen) atoms. The van der Waals surface area contributed by atoms with E-state index in [1.807, 2.05) is 0 Å². The van der Waals surface area contributed by atoms with Crippen molar-refractivity contribution < 1.29 is 0 Å². The highest BCUT2D eigenvalue weighted by Gasteiger charge is 2.27. The highest BCUT2D eigenvalue weighted by atomic mass is 15.2. The lowest BCUT2D eigenvalue weighted by atomic mass is 10.0. The van der Waals surface area contributed by atoms with Crippen LogP contribution in [0.15, 0.2) is 24.3 Å². The van der Waals surface area contributed by atoms with Crippen LogP contribution in [0.4, 0.5) is 0 Å². The molecule has 1 unspecified atom stereocenters. The monoisotopic (exact) mass is 218 g/mol. The van der Waals surface area contributed by atoms with E-state index in [9.17, 15) is 0 Å². The van der Waals surface area contributed by atoms with Gasteiger partial charge in [-0.25, -0.2) is 0 Å². The van der Waals surface area contributed by atoms with Gasteiger partial charge in [0, 0.05) is 25.2 Å². The largest absolute Gasteiger partial charge is 0.314 e. The fraction of sp³-hybridized carbons (Fsp3) is 0.571. The van der Waals surface area contributed by atoms with E-state index in [1.165, 1.54) is 11.1 Å². The summed E-state index contributed by atoms with van der Waals surface area (Å²) in [6.07, 6.45) is 0. The van der Waals surface area contributed by atoms with Crippen molar-refractivity contribution >= 4 is 0 Å². The van der Waals surface area contributed by atoms with Crippen molar-refractivity contribution in [3.8, 4) is 0 Å². The highest BCUT2D eigenvalue weighted by Crippen LogP contribution is 2.23. The first-order valence-electron chi connectivity index (χ1n) is 6.25. The van der Waals surface area contributed by atoms with Gasteiger partial charge in [-0.3, -0.25) is 4.90 Å². The number of nitrogens with one attached hydrogen (secondary N) is 1. The summed E-state index contributed by atoms with van der Waals surface area (Å²) in [7, 11) is 0. The van der Waals surface area contributed by atoms with Crippen LogP contribution in [0.25, 0.3) is 0 Å². The molecule has 88 valence electrons. The molecule has 1 N–H and O–H groups in total. The molecule has 1 aliphatic rings. The van der Waals surface area contributed by atoms with Gasteiger partial charge < -0.3 is 5.32 Å². The standard InChI is InChI=1S/C14H22N2/c1-4-16(14-9-15-10-14)12(3)13-7-5-11(2)6-8-13/h5-8,12,14-15H,4,9-10H2,1-3H3. The lowest BCUT2D eigenvalue weighted by Crippen LogP contribution is -2.57. The normalized spacial score (nSPS) is 18.5. The molecular weight excluding hydrogens is 196 g/mol. The predicted molar refractivity (Wildman–Crippen MR) is 68.6 cm³/mol. The first-order chi connectivity index (χ1) is 7.72. The molecule has 0 aromatic heterocycles. The second-order valence-electron chi connectivity index (χ2n) is 4.73. The second-order valence-corrected chi connectivity index (χ2v) is 4.73. The molecule has 1 saturated heterocycles. The first-order valence-corrected chi connectivity index (χ1v) is 6.25. The van der Waals surface area contributed by atoms with Gasteiger partial charge in [0.25, 0.3) is 0 Å². The topological polar surface area (TPSA) is 15.3 Å². The summed E-state index contributed by atoms with van der Waals surface area (Å²) in [4.78, 5) is 2.58. The van der Waals surface area contributed by atoms with E-state index in [1.54, 1.807) is 0 Å². The van der Waals surface area contributed by atoms with E-state index in [4.69, 9.17) is 0 Å². The number of likely N-dealkylation sites (N-methyl/N-ethyl adjacent to an activating group) is 1. The molecule has 1 fully saturated rings. The van der Waals surface area contributed by atoms with E-state index in [-0.39, 0.29) is 0 Å². The van der Waals surface area contributed by atoms with Crippen molar-refractivity contribution in [2.75, 3.05) is 19.6 Å². The number of benzene rings is 1. The fourth-order valence-corrected chi connectivity index (χ4v) is 2.39. The van der Waals surface area contributed by atoms with Gasteiger partial charge in [0.15, 0.2) is 0 Å². The molecule has 1 aromatic carbocycles. The SMILES string of the molecule is CCN(C1CNC1)C(C)c1ccc(C)cc1. The summed E-state index contributed by atoms with van der Waals surface area (Å²) in [6, 6.07) is 10.2. The number of rotatable bonds is 4. The van der Waals surface area contributed by atoms with Crippen molar-refractivity contribution in [2.24, 2.45) is 0 Å². The molecule has 0 aliphatic carbocycles. The van der Waals surface area contributed by atoms with E-state index in [2.05, 4.69) is 55.3 Å². The maximum absolute atomic E-state index is 3.35. The Balaban J connectivity index is 2.09. The summed E-state index contributed by atoms with van der Waals surface area (Å²) in [6.45, 7) is 10.1. The molecule has 1 heterocycles. The first kappa shape index (κ1) is 11.6. The van der Waals surface area contributed by atoms with Gasteiger partial charge in [-0.15, -0.1) is 0 Å². The Bertz CT molecular complexity index is 327. The number of hydrogen-bond acceptors (Lipinski definition) is 2. The lowest BCUT2D eigenvalue weighted by molar-refractivity contribution is 0.110. The summed E-state index contributed by atoms with van der Waals surface area (Å²) in [5.74, 6) is 0. The van der Waals surface area contributed by atoms with Crippen LogP contribution in [0.1, 0.15) is 31.0 Å². The Hall–Kier alpha value is -0.860. The van der Waals surface area contributed by atoms with Crippen LogP contribution in [0.5, 0.6) is 0 Å². The average Bonchev–Trinajstić information content (AvgIpc) is 2.23. The minimum atomic E-state index is 0.526. The number of aryl methyl sites for hydroxylation is 1. The van der Waals surface area contributed by atoms with E-state index in [0.29, 0.717) is 6.04 Å². The van der Waals surface area contributed by atoms with Crippen LogP contribution in [-0.4, -0.2) is 30.6 Å². The van der Waals surface area contributed by atoms with Gasteiger partial charge in [0.2, 0.25) is 0 Å². The van der Waals surface area contributed by atoms with Crippen molar-refractivity contribution in [2.45, 2.75) is 32.9 Å². The Morgan fingerprint density at radius 1 is 1.31 bits per heavy atom. The molecule has 0 saturated carbocycles. The van der Waals surface area contributed by atoms with Crippen LogP contribution in [0, 0.1) is 6.92 Å². The molecule has 2 heteroatoms. The third-order valence-corrected chi connectivity index (χ3v) is 3.65. The van der Waals surface area contributed by atoms with Crippen LogP contribution >= 0.6 is 0 Å². The summed E-state index contributed by atoms with van der Waals surface area (Å²) >= 11 is 0. The Morgan fingerprint density at radius 3 is 2.38 bits per heavy atom. The average molecular weight is 218 g/mol. The molecule has 0 radical (unpaired) electrons. The zero-order valence-corrected chi connectivity index (χ0v) is 10.5. The van der Waals surface area contributed by atoms with Crippen LogP contribution in [0.2, 0.25) is 0 Å². The molecular formula is C14H22N2. The van der Waals surface area contributed by atoms with E-state index in [0.717, 1.165) is 25.7 Å². The van der Waals surface area contributed by atoms with Gasteiger partial charge >= 0.3 is 0 Å². The van der Waals surface area contributed by atoms with Gasteiger partial charge in [-0.2, -0.15) is 0 Å². The fourth-order valence-electron chi connectivity index (χ4n) is 2.39. The van der Waals surface area contributed by atoms with Gasteiger partial charge in [0.1, 0.15) is 0 Å². The maximum atomic E-state index is 3.35. The van der Waals surface area contributed by atoms with Crippen LogP contribution in [0.3, 0.4) is 0 Å². The molecule has 0 bridgehead atoms. The summed E-state index contributed by atoms with van der Waals surface area (Å²) in [5, 5.41) is 3.35. The van der Waals surface area contributed by atoms with Crippen molar-refractivity contribution in [3.63, 3.8) is 0 Å². The molecule has 1 atom stereocenters. The zero-order valence-electron chi connectivity index (χ0n) is 10.5. The molecule has 1 aromatic rings. The molecule has 2 nitrogen and oxygen atoms in total. The number of nitrogens with zero attached hydrogens (tertiary/aromatic N) is 1. The van der Waals surface area contributed by atoms with Crippen molar-refractivity contribution in [1.82, 2.24) is 10.2 Å². The highest BCUT2D eigenvalue weighted by molar-refractivity contribution is 5.24. The molecule has 2 rings (SSSR count). The Kier molecular flexibility index (Phi) is 3.62. The Labute approximate surface area is 98.7 Å².